The van der Waals surface area contributed by atoms with E-state index in [0.717, 1.165) is 11.1 Å². The van der Waals surface area contributed by atoms with Crippen molar-refractivity contribution in [2.75, 3.05) is 13.2 Å². The Morgan fingerprint density at radius 3 is 1.69 bits per heavy atom. The van der Waals surface area contributed by atoms with Crippen LogP contribution < -0.4 is 20.1 Å². The second-order valence-corrected chi connectivity index (χ2v) is 7.77. The number of nitrogens with one attached hydrogen (secondary N) is 2. The minimum Gasteiger partial charge on any atom is -0.484 e. The summed E-state index contributed by atoms with van der Waals surface area (Å²) in [6.07, 6.45) is -0.769. The Morgan fingerprint density at radius 2 is 1.25 bits per heavy atom. The van der Waals surface area contributed by atoms with Crippen molar-refractivity contribution >= 4 is 23.4 Å². The van der Waals surface area contributed by atoms with Crippen molar-refractivity contribution in [1.82, 2.24) is 10.6 Å². The molecular formula is C25H25ClN2O4. The van der Waals surface area contributed by atoms with Gasteiger partial charge in [0.05, 0.1) is 0 Å². The number of halogens is 1. The number of hydrogen-bond acceptors (Lipinski definition) is 4. The second kappa shape index (κ2) is 11.2. The fourth-order valence-electron chi connectivity index (χ4n) is 2.97. The van der Waals surface area contributed by atoms with Gasteiger partial charge in [-0.1, -0.05) is 48.0 Å². The fourth-order valence-corrected chi connectivity index (χ4v) is 3.10. The van der Waals surface area contributed by atoms with Crippen molar-refractivity contribution < 1.29 is 19.1 Å². The number of amides is 2. The smallest absolute Gasteiger partial charge is 0.259 e. The van der Waals surface area contributed by atoms with Crippen LogP contribution in [0.1, 0.15) is 22.9 Å². The Bertz CT molecular complexity index is 1010. The maximum absolute atomic E-state index is 12.5. The number of aryl methyl sites for hydroxylation is 2. The van der Waals surface area contributed by atoms with Crippen molar-refractivity contribution in [3.8, 4) is 11.5 Å². The van der Waals surface area contributed by atoms with Crippen molar-refractivity contribution in [3.05, 3.63) is 94.5 Å². The zero-order valence-corrected chi connectivity index (χ0v) is 18.7. The summed E-state index contributed by atoms with van der Waals surface area (Å²) < 4.78 is 11.1. The van der Waals surface area contributed by atoms with E-state index in [1.54, 1.807) is 36.4 Å². The zero-order valence-electron chi connectivity index (χ0n) is 17.9. The van der Waals surface area contributed by atoms with Gasteiger partial charge in [-0.2, -0.15) is 0 Å². The minimum absolute atomic E-state index is 0.191. The molecule has 2 N–H and O–H groups in total. The highest BCUT2D eigenvalue weighted by Gasteiger charge is 2.18. The predicted octanol–water partition coefficient (Wildman–Crippen LogP) is 4.35. The largest absolute Gasteiger partial charge is 0.484 e. The average molecular weight is 453 g/mol. The molecular weight excluding hydrogens is 428 g/mol. The lowest BCUT2D eigenvalue weighted by Gasteiger charge is -2.21. The summed E-state index contributed by atoms with van der Waals surface area (Å²) in [5.74, 6) is 0.426. The number of carbonyl (C=O) groups is 2. The van der Waals surface area contributed by atoms with E-state index in [-0.39, 0.29) is 25.0 Å². The van der Waals surface area contributed by atoms with Crippen LogP contribution in [0.5, 0.6) is 11.5 Å². The Morgan fingerprint density at radius 1 is 0.781 bits per heavy atom. The van der Waals surface area contributed by atoms with Crippen LogP contribution in [0.3, 0.4) is 0 Å². The molecule has 0 aliphatic carbocycles. The van der Waals surface area contributed by atoms with Gasteiger partial charge in [0.15, 0.2) is 13.2 Å². The first-order valence-corrected chi connectivity index (χ1v) is 10.5. The summed E-state index contributed by atoms with van der Waals surface area (Å²) in [5.41, 5.74) is 2.73. The number of ether oxygens (including phenoxy) is 2. The van der Waals surface area contributed by atoms with Crippen molar-refractivity contribution in [2.45, 2.75) is 20.0 Å². The molecule has 0 saturated heterocycles. The van der Waals surface area contributed by atoms with E-state index < -0.39 is 6.17 Å². The van der Waals surface area contributed by atoms with Crippen molar-refractivity contribution in [1.29, 1.82) is 0 Å². The highest BCUT2D eigenvalue weighted by Crippen LogP contribution is 2.16. The monoisotopic (exact) mass is 452 g/mol. The van der Waals surface area contributed by atoms with E-state index in [2.05, 4.69) is 10.6 Å². The lowest BCUT2D eigenvalue weighted by atomic mass is 10.1. The number of hydrogen-bond donors (Lipinski definition) is 2. The molecule has 0 aliphatic rings. The standard InChI is InChI=1S/C25H25ClN2O4/c1-17-5-3-7-21(13-17)31-15-23(29)27-25(19-9-11-20(26)12-10-19)28-24(30)16-32-22-8-4-6-18(2)14-22/h3-14,25H,15-16H2,1-2H3,(H,27,29)(H,28,30). The Balaban J connectivity index is 1.61. The molecule has 0 aromatic heterocycles. The molecule has 0 aliphatic heterocycles. The van der Waals surface area contributed by atoms with Gasteiger partial charge in [-0.25, -0.2) is 0 Å². The van der Waals surface area contributed by atoms with Crippen molar-refractivity contribution in [3.63, 3.8) is 0 Å². The summed E-state index contributed by atoms with van der Waals surface area (Å²) in [7, 11) is 0. The van der Waals surface area contributed by atoms with Crippen LogP contribution in [0.25, 0.3) is 0 Å². The molecule has 0 spiro atoms. The molecule has 3 aromatic carbocycles. The molecule has 166 valence electrons. The van der Waals surface area contributed by atoms with E-state index in [9.17, 15) is 9.59 Å². The average Bonchev–Trinajstić information content (AvgIpc) is 2.76. The van der Waals surface area contributed by atoms with Crippen LogP contribution in [-0.4, -0.2) is 25.0 Å². The van der Waals surface area contributed by atoms with Crippen LogP contribution in [0.15, 0.2) is 72.8 Å². The van der Waals surface area contributed by atoms with Crippen LogP contribution >= 0.6 is 11.6 Å². The maximum atomic E-state index is 12.5. The molecule has 3 aromatic rings. The first kappa shape index (κ1) is 23.2. The third-order valence-corrected chi connectivity index (χ3v) is 4.78. The second-order valence-electron chi connectivity index (χ2n) is 7.33. The van der Waals surface area contributed by atoms with Crippen LogP contribution in [0.4, 0.5) is 0 Å². The Kier molecular flexibility index (Phi) is 8.11. The first-order chi connectivity index (χ1) is 15.4. The molecule has 3 rings (SSSR count). The molecule has 0 heterocycles. The number of carbonyl (C=O) groups excluding carboxylic acids is 2. The molecule has 32 heavy (non-hydrogen) atoms. The van der Waals surface area contributed by atoms with Gasteiger partial charge in [0, 0.05) is 5.02 Å². The van der Waals surface area contributed by atoms with Gasteiger partial charge >= 0.3 is 0 Å². The number of rotatable bonds is 9. The van der Waals surface area contributed by atoms with Gasteiger partial charge in [0.25, 0.3) is 11.8 Å². The topological polar surface area (TPSA) is 76.7 Å². The molecule has 7 heteroatoms. The summed E-state index contributed by atoms with van der Waals surface area (Å²) in [6, 6.07) is 21.7. The quantitative estimate of drug-likeness (QED) is 0.473. The summed E-state index contributed by atoms with van der Waals surface area (Å²) in [5, 5.41) is 6.11. The van der Waals surface area contributed by atoms with Gasteiger partial charge in [-0.3, -0.25) is 9.59 Å². The van der Waals surface area contributed by atoms with Crippen molar-refractivity contribution in [2.24, 2.45) is 0 Å². The lowest BCUT2D eigenvalue weighted by molar-refractivity contribution is -0.126. The van der Waals surface area contributed by atoms with E-state index in [1.165, 1.54) is 0 Å². The third-order valence-electron chi connectivity index (χ3n) is 4.53. The molecule has 2 amide bonds. The van der Waals surface area contributed by atoms with Gasteiger partial charge in [0.1, 0.15) is 17.7 Å². The van der Waals surface area contributed by atoms with E-state index in [4.69, 9.17) is 21.1 Å². The summed E-state index contributed by atoms with van der Waals surface area (Å²) in [6.45, 7) is 3.50. The molecule has 0 atom stereocenters. The van der Waals surface area contributed by atoms with Crippen LogP contribution in [-0.2, 0) is 9.59 Å². The number of benzene rings is 3. The van der Waals surface area contributed by atoms with Gasteiger partial charge in [0.2, 0.25) is 0 Å². The Labute approximate surface area is 192 Å². The maximum Gasteiger partial charge on any atom is 0.259 e. The van der Waals surface area contributed by atoms with E-state index >= 15 is 0 Å². The molecule has 0 saturated carbocycles. The van der Waals surface area contributed by atoms with Gasteiger partial charge in [-0.15, -0.1) is 0 Å². The van der Waals surface area contributed by atoms with Gasteiger partial charge < -0.3 is 20.1 Å². The predicted molar refractivity (Wildman–Crippen MR) is 124 cm³/mol. The zero-order chi connectivity index (χ0) is 22.9. The normalized spacial score (nSPS) is 10.5. The van der Waals surface area contributed by atoms with Crippen LogP contribution in [0.2, 0.25) is 5.02 Å². The fraction of sp³-hybridized carbons (Fsp3) is 0.200. The van der Waals surface area contributed by atoms with E-state index in [0.29, 0.717) is 22.1 Å². The highest BCUT2D eigenvalue weighted by molar-refractivity contribution is 6.30. The minimum atomic E-state index is -0.769. The molecule has 0 radical (unpaired) electrons. The molecule has 0 bridgehead atoms. The van der Waals surface area contributed by atoms with E-state index in [1.807, 2.05) is 50.2 Å². The summed E-state index contributed by atoms with van der Waals surface area (Å²) >= 11 is 5.97. The third kappa shape index (κ3) is 7.32. The highest BCUT2D eigenvalue weighted by atomic mass is 35.5. The molecule has 0 fully saturated rings. The van der Waals surface area contributed by atoms with Crippen LogP contribution in [0, 0.1) is 13.8 Å². The summed E-state index contributed by atoms with van der Waals surface area (Å²) in [4.78, 5) is 25.0. The molecule has 0 unspecified atom stereocenters. The lowest BCUT2D eigenvalue weighted by Crippen LogP contribution is -2.44. The first-order valence-electron chi connectivity index (χ1n) is 10.1. The SMILES string of the molecule is Cc1cccc(OCC(=O)NC(NC(=O)COc2cccc(C)c2)c2ccc(Cl)cc2)c1. The molecule has 6 nitrogen and oxygen atoms in total. The Hall–Kier alpha value is -3.51. The van der Waals surface area contributed by atoms with Gasteiger partial charge in [-0.05, 0) is 66.9 Å².